The zero-order valence-corrected chi connectivity index (χ0v) is 11.5. The van der Waals surface area contributed by atoms with Crippen LogP contribution in [0.2, 0.25) is 10.0 Å². The van der Waals surface area contributed by atoms with Crippen molar-refractivity contribution in [3.63, 3.8) is 0 Å². The molecule has 0 saturated heterocycles. The molecular formula is C12H16Cl2N2O2. The smallest absolute Gasteiger partial charge is 0.224 e. The van der Waals surface area contributed by atoms with E-state index in [1.54, 1.807) is 25.1 Å². The largest absolute Gasteiger partial charge is 0.386 e. The molecule has 4 nitrogen and oxygen atoms in total. The number of hydrogen-bond donors (Lipinski definition) is 3. The molecule has 1 aromatic carbocycles. The third-order valence-electron chi connectivity index (χ3n) is 2.60. The summed E-state index contributed by atoms with van der Waals surface area (Å²) in [4.78, 5) is 11.5. The molecule has 0 bridgehead atoms. The topological polar surface area (TPSA) is 75.4 Å². The van der Waals surface area contributed by atoms with Crippen molar-refractivity contribution in [2.75, 3.05) is 13.1 Å². The van der Waals surface area contributed by atoms with E-state index in [2.05, 4.69) is 5.32 Å². The van der Waals surface area contributed by atoms with Gasteiger partial charge in [-0.1, -0.05) is 36.2 Å². The Kier molecular flexibility index (Phi) is 5.88. The molecule has 0 radical (unpaired) electrons. The minimum Gasteiger partial charge on any atom is -0.386 e. The zero-order chi connectivity index (χ0) is 13.7. The van der Waals surface area contributed by atoms with Crippen molar-refractivity contribution in [3.8, 4) is 0 Å². The molecule has 0 aliphatic carbocycles. The number of nitrogens with two attached hydrogens (primary N) is 1. The fraction of sp³-hybridized carbons (Fsp3) is 0.417. The number of carbonyl (C=O) groups excluding carboxylic acids is 1. The van der Waals surface area contributed by atoms with Gasteiger partial charge < -0.3 is 16.2 Å². The first-order chi connectivity index (χ1) is 8.47. The number of nitrogens with one attached hydrogen (secondary N) is 1. The van der Waals surface area contributed by atoms with Gasteiger partial charge in [-0.3, -0.25) is 4.79 Å². The van der Waals surface area contributed by atoms with E-state index in [4.69, 9.17) is 28.9 Å². The van der Waals surface area contributed by atoms with E-state index in [0.717, 1.165) is 0 Å². The number of aliphatic hydroxyl groups is 1. The van der Waals surface area contributed by atoms with Gasteiger partial charge in [0.1, 0.15) is 0 Å². The van der Waals surface area contributed by atoms with Gasteiger partial charge in [0.15, 0.2) is 0 Å². The molecule has 0 spiro atoms. The lowest BCUT2D eigenvalue weighted by atomic mass is 10.1. The van der Waals surface area contributed by atoms with Gasteiger partial charge in [-0.25, -0.2) is 0 Å². The molecule has 1 rings (SSSR count). The summed E-state index contributed by atoms with van der Waals surface area (Å²) in [6.45, 7) is 2.02. The van der Waals surface area contributed by atoms with Crippen LogP contribution in [-0.4, -0.2) is 24.1 Å². The standard InChI is InChI=1S/C12H16Cl2N2O2/c1-7(5-15)12(18)16-6-10(17)11-8(13)3-2-4-9(11)14/h2-4,7,10,17H,5-6,15H2,1H3,(H,16,18). The van der Waals surface area contributed by atoms with Gasteiger partial charge in [-0.05, 0) is 12.1 Å². The second-order valence-corrected chi connectivity index (χ2v) is 4.85. The summed E-state index contributed by atoms with van der Waals surface area (Å²) < 4.78 is 0. The summed E-state index contributed by atoms with van der Waals surface area (Å²) in [5, 5.41) is 13.3. The molecule has 6 heteroatoms. The van der Waals surface area contributed by atoms with E-state index in [1.165, 1.54) is 0 Å². The van der Waals surface area contributed by atoms with Crippen molar-refractivity contribution >= 4 is 29.1 Å². The highest BCUT2D eigenvalue weighted by molar-refractivity contribution is 6.36. The van der Waals surface area contributed by atoms with Crippen LogP contribution in [0.1, 0.15) is 18.6 Å². The van der Waals surface area contributed by atoms with Crippen LogP contribution in [-0.2, 0) is 4.79 Å². The number of halogens is 2. The Bertz CT molecular complexity index is 406. The van der Waals surface area contributed by atoms with Gasteiger partial charge in [0.2, 0.25) is 5.91 Å². The third-order valence-corrected chi connectivity index (χ3v) is 3.26. The minimum atomic E-state index is -0.944. The van der Waals surface area contributed by atoms with Crippen molar-refractivity contribution < 1.29 is 9.90 Å². The van der Waals surface area contributed by atoms with E-state index < -0.39 is 6.10 Å². The molecule has 2 unspecified atom stereocenters. The van der Waals surface area contributed by atoms with Gasteiger partial charge in [0, 0.05) is 34.6 Å². The summed E-state index contributed by atoms with van der Waals surface area (Å²) >= 11 is 11.9. The molecule has 2 atom stereocenters. The summed E-state index contributed by atoms with van der Waals surface area (Å²) in [5.74, 6) is -0.501. The Balaban J connectivity index is 2.66. The van der Waals surface area contributed by atoms with Crippen LogP contribution in [0.25, 0.3) is 0 Å². The lowest BCUT2D eigenvalue weighted by Gasteiger charge is -2.16. The second kappa shape index (κ2) is 6.95. The minimum absolute atomic E-state index is 0.0482. The number of amides is 1. The molecule has 18 heavy (non-hydrogen) atoms. The predicted octanol–water partition coefficient (Wildman–Crippen LogP) is 1.74. The zero-order valence-electron chi connectivity index (χ0n) is 9.99. The Morgan fingerprint density at radius 2 is 2.00 bits per heavy atom. The Hall–Kier alpha value is -0.810. The normalized spacial score (nSPS) is 14.1. The number of carbonyl (C=O) groups is 1. The van der Waals surface area contributed by atoms with Crippen molar-refractivity contribution in [2.24, 2.45) is 11.7 Å². The number of rotatable bonds is 5. The Morgan fingerprint density at radius 1 is 1.44 bits per heavy atom. The third kappa shape index (κ3) is 3.85. The fourth-order valence-corrected chi connectivity index (χ4v) is 2.06. The SMILES string of the molecule is CC(CN)C(=O)NCC(O)c1c(Cl)cccc1Cl. The highest BCUT2D eigenvalue weighted by Gasteiger charge is 2.17. The van der Waals surface area contributed by atoms with Gasteiger partial charge in [0.25, 0.3) is 0 Å². The number of benzene rings is 1. The van der Waals surface area contributed by atoms with E-state index in [0.29, 0.717) is 15.6 Å². The number of aliphatic hydroxyl groups excluding tert-OH is 1. The second-order valence-electron chi connectivity index (χ2n) is 4.03. The highest BCUT2D eigenvalue weighted by atomic mass is 35.5. The van der Waals surface area contributed by atoms with Gasteiger partial charge in [0.05, 0.1) is 6.10 Å². The average molecular weight is 291 g/mol. The summed E-state index contributed by atoms with van der Waals surface area (Å²) in [7, 11) is 0. The van der Waals surface area contributed by atoms with Crippen LogP contribution in [0.4, 0.5) is 0 Å². The highest BCUT2D eigenvalue weighted by Crippen LogP contribution is 2.29. The maximum atomic E-state index is 11.5. The molecule has 0 heterocycles. The first-order valence-corrected chi connectivity index (χ1v) is 6.32. The van der Waals surface area contributed by atoms with Crippen LogP contribution >= 0.6 is 23.2 Å². The maximum Gasteiger partial charge on any atom is 0.224 e. The quantitative estimate of drug-likeness (QED) is 0.773. The van der Waals surface area contributed by atoms with Crippen molar-refractivity contribution in [2.45, 2.75) is 13.0 Å². The molecule has 0 fully saturated rings. The first-order valence-electron chi connectivity index (χ1n) is 5.57. The molecule has 0 aliphatic rings. The summed E-state index contributed by atoms with van der Waals surface area (Å²) in [6, 6.07) is 4.96. The molecule has 0 aromatic heterocycles. The lowest BCUT2D eigenvalue weighted by Crippen LogP contribution is -2.35. The molecular weight excluding hydrogens is 275 g/mol. The van der Waals surface area contributed by atoms with Gasteiger partial charge in [-0.15, -0.1) is 0 Å². The molecule has 1 aromatic rings. The summed E-state index contributed by atoms with van der Waals surface area (Å²) in [5.41, 5.74) is 5.79. The van der Waals surface area contributed by atoms with E-state index in [9.17, 15) is 9.90 Å². The lowest BCUT2D eigenvalue weighted by molar-refractivity contribution is -0.124. The van der Waals surface area contributed by atoms with Crippen molar-refractivity contribution in [1.82, 2.24) is 5.32 Å². The van der Waals surface area contributed by atoms with Gasteiger partial charge in [-0.2, -0.15) is 0 Å². The molecule has 4 N–H and O–H groups in total. The average Bonchev–Trinajstić information content (AvgIpc) is 2.34. The van der Waals surface area contributed by atoms with Crippen LogP contribution in [0.3, 0.4) is 0 Å². The van der Waals surface area contributed by atoms with Crippen molar-refractivity contribution in [1.29, 1.82) is 0 Å². The Morgan fingerprint density at radius 3 is 2.50 bits per heavy atom. The molecule has 100 valence electrons. The van der Waals surface area contributed by atoms with E-state index in [1.807, 2.05) is 0 Å². The number of hydrogen-bond acceptors (Lipinski definition) is 3. The Labute approximate surface area is 116 Å². The van der Waals surface area contributed by atoms with Crippen LogP contribution in [0.5, 0.6) is 0 Å². The fourth-order valence-electron chi connectivity index (χ4n) is 1.41. The summed E-state index contributed by atoms with van der Waals surface area (Å²) in [6.07, 6.45) is -0.944. The molecule has 0 saturated carbocycles. The van der Waals surface area contributed by atoms with Crippen LogP contribution < -0.4 is 11.1 Å². The van der Waals surface area contributed by atoms with Crippen LogP contribution in [0.15, 0.2) is 18.2 Å². The monoisotopic (exact) mass is 290 g/mol. The van der Waals surface area contributed by atoms with Crippen molar-refractivity contribution in [3.05, 3.63) is 33.8 Å². The first kappa shape index (κ1) is 15.2. The maximum absolute atomic E-state index is 11.5. The molecule has 0 aliphatic heterocycles. The predicted molar refractivity (Wildman–Crippen MR) is 72.6 cm³/mol. The molecule has 1 amide bonds. The van der Waals surface area contributed by atoms with E-state index in [-0.39, 0.29) is 24.9 Å². The van der Waals surface area contributed by atoms with Gasteiger partial charge >= 0.3 is 0 Å². The van der Waals surface area contributed by atoms with E-state index >= 15 is 0 Å². The van der Waals surface area contributed by atoms with Crippen LogP contribution in [0, 0.1) is 5.92 Å².